The number of aryl methyl sites for hydroxylation is 1. The molecule has 2 unspecified atom stereocenters. The highest BCUT2D eigenvalue weighted by Crippen LogP contribution is 2.28. The van der Waals surface area contributed by atoms with E-state index in [1.807, 2.05) is 18.2 Å². The van der Waals surface area contributed by atoms with E-state index in [-0.39, 0.29) is 23.9 Å². The molecule has 27 heavy (non-hydrogen) atoms. The first-order valence-electron chi connectivity index (χ1n) is 9.05. The van der Waals surface area contributed by atoms with Gasteiger partial charge in [0.15, 0.2) is 0 Å². The smallest absolute Gasteiger partial charge is 0.220 e. The van der Waals surface area contributed by atoms with Gasteiger partial charge in [-0.15, -0.1) is 0 Å². The zero-order valence-corrected chi connectivity index (χ0v) is 16.8. The van der Waals surface area contributed by atoms with Crippen molar-refractivity contribution in [1.82, 2.24) is 5.32 Å². The Morgan fingerprint density at radius 3 is 2.74 bits per heavy atom. The summed E-state index contributed by atoms with van der Waals surface area (Å²) in [7, 11) is 1.62. The highest BCUT2D eigenvalue weighted by atomic mass is 79.9. The molecule has 0 saturated carbocycles. The molecule has 0 radical (unpaired) electrons. The van der Waals surface area contributed by atoms with E-state index in [1.165, 1.54) is 12.1 Å². The van der Waals surface area contributed by atoms with Crippen LogP contribution in [-0.2, 0) is 16.0 Å². The number of amides is 1. The Labute approximate surface area is 167 Å². The standard InChI is InChI=1S/C21H23BrFNO3/c1-26-18-10-4-14(13-17(18)22)5-11-20(25)24-21(19-3-2-12-27-19)15-6-8-16(23)9-7-15/h4,6-10,13,19,21H,2-3,5,11-12H2,1H3,(H,24,25). The second-order valence-corrected chi connectivity index (χ2v) is 7.47. The van der Waals surface area contributed by atoms with E-state index in [4.69, 9.17) is 9.47 Å². The molecule has 2 aromatic rings. The molecule has 1 amide bonds. The normalized spacial score (nSPS) is 17.5. The highest BCUT2D eigenvalue weighted by molar-refractivity contribution is 9.10. The first kappa shape index (κ1) is 19.8. The third-order valence-corrected chi connectivity index (χ3v) is 5.36. The molecule has 6 heteroatoms. The lowest BCUT2D eigenvalue weighted by Crippen LogP contribution is -2.36. The fraction of sp³-hybridized carbons (Fsp3) is 0.381. The van der Waals surface area contributed by atoms with E-state index in [0.717, 1.165) is 34.2 Å². The van der Waals surface area contributed by atoms with Gasteiger partial charge in [-0.1, -0.05) is 18.2 Å². The van der Waals surface area contributed by atoms with Crippen LogP contribution in [0.1, 0.15) is 36.4 Å². The Kier molecular flexibility index (Phi) is 6.85. The van der Waals surface area contributed by atoms with Crippen LogP contribution in [0.4, 0.5) is 4.39 Å². The van der Waals surface area contributed by atoms with Gasteiger partial charge < -0.3 is 14.8 Å². The number of ether oxygens (including phenoxy) is 2. The zero-order chi connectivity index (χ0) is 19.2. The Balaban J connectivity index is 1.63. The van der Waals surface area contributed by atoms with Crippen molar-refractivity contribution in [3.63, 3.8) is 0 Å². The fourth-order valence-corrected chi connectivity index (χ4v) is 3.88. The third-order valence-electron chi connectivity index (χ3n) is 4.74. The summed E-state index contributed by atoms with van der Waals surface area (Å²) in [5.41, 5.74) is 1.91. The van der Waals surface area contributed by atoms with Crippen LogP contribution in [0.3, 0.4) is 0 Å². The number of carbonyl (C=O) groups is 1. The van der Waals surface area contributed by atoms with Crippen molar-refractivity contribution in [2.75, 3.05) is 13.7 Å². The van der Waals surface area contributed by atoms with Crippen LogP contribution in [0.5, 0.6) is 5.75 Å². The van der Waals surface area contributed by atoms with Crippen molar-refractivity contribution in [2.24, 2.45) is 0 Å². The van der Waals surface area contributed by atoms with Crippen LogP contribution in [-0.4, -0.2) is 25.7 Å². The number of benzene rings is 2. The summed E-state index contributed by atoms with van der Waals surface area (Å²) >= 11 is 3.46. The molecule has 3 rings (SSSR count). The summed E-state index contributed by atoms with van der Waals surface area (Å²) < 4.78 is 25.1. The summed E-state index contributed by atoms with van der Waals surface area (Å²) in [6.45, 7) is 0.693. The first-order chi connectivity index (χ1) is 13.1. The fourth-order valence-electron chi connectivity index (χ4n) is 3.30. The predicted octanol–water partition coefficient (Wildman–Crippen LogP) is 4.57. The van der Waals surface area contributed by atoms with Crippen LogP contribution in [0.25, 0.3) is 0 Å². The SMILES string of the molecule is COc1ccc(CCC(=O)NC(c2ccc(F)cc2)C2CCCO2)cc1Br. The molecular weight excluding hydrogens is 413 g/mol. The minimum absolute atomic E-state index is 0.0493. The topological polar surface area (TPSA) is 47.6 Å². The van der Waals surface area contributed by atoms with Crippen molar-refractivity contribution < 1.29 is 18.7 Å². The molecule has 1 heterocycles. The van der Waals surface area contributed by atoms with Crippen LogP contribution in [0.2, 0.25) is 0 Å². The van der Waals surface area contributed by atoms with Gasteiger partial charge in [0.1, 0.15) is 11.6 Å². The van der Waals surface area contributed by atoms with Crippen molar-refractivity contribution in [1.29, 1.82) is 0 Å². The molecule has 0 aromatic heterocycles. The van der Waals surface area contributed by atoms with E-state index >= 15 is 0 Å². The summed E-state index contributed by atoms with van der Waals surface area (Å²) in [5.74, 6) is 0.422. The lowest BCUT2D eigenvalue weighted by molar-refractivity contribution is -0.122. The van der Waals surface area contributed by atoms with Gasteiger partial charge in [0.2, 0.25) is 5.91 Å². The van der Waals surface area contributed by atoms with Crippen molar-refractivity contribution in [3.8, 4) is 5.75 Å². The third kappa shape index (κ3) is 5.30. The van der Waals surface area contributed by atoms with Crippen molar-refractivity contribution in [3.05, 3.63) is 63.9 Å². The molecule has 0 bridgehead atoms. The van der Waals surface area contributed by atoms with Crippen molar-refractivity contribution in [2.45, 2.75) is 37.8 Å². The van der Waals surface area contributed by atoms with Crippen LogP contribution >= 0.6 is 15.9 Å². The number of methoxy groups -OCH3 is 1. The number of rotatable bonds is 7. The Hall–Kier alpha value is -1.92. The monoisotopic (exact) mass is 435 g/mol. The second kappa shape index (κ2) is 9.33. The molecule has 1 fully saturated rings. The molecular formula is C21H23BrFNO3. The van der Waals surface area contributed by atoms with Gasteiger partial charge in [0, 0.05) is 13.0 Å². The molecule has 2 atom stereocenters. The van der Waals surface area contributed by atoms with E-state index in [2.05, 4.69) is 21.2 Å². The van der Waals surface area contributed by atoms with Gasteiger partial charge in [0.05, 0.1) is 23.7 Å². The number of hydrogen-bond donors (Lipinski definition) is 1. The van der Waals surface area contributed by atoms with E-state index in [0.29, 0.717) is 19.4 Å². The van der Waals surface area contributed by atoms with Crippen molar-refractivity contribution >= 4 is 21.8 Å². The molecule has 1 aliphatic rings. The molecule has 0 spiro atoms. The van der Waals surface area contributed by atoms with Gasteiger partial charge in [-0.05, 0) is 70.6 Å². The maximum Gasteiger partial charge on any atom is 0.220 e. The maximum absolute atomic E-state index is 13.3. The van der Waals surface area contributed by atoms with E-state index in [1.54, 1.807) is 19.2 Å². The number of halogens is 2. The predicted molar refractivity (Wildman–Crippen MR) is 105 cm³/mol. The highest BCUT2D eigenvalue weighted by Gasteiger charge is 2.28. The van der Waals surface area contributed by atoms with Gasteiger partial charge in [-0.2, -0.15) is 0 Å². The molecule has 1 aliphatic heterocycles. The molecule has 4 nitrogen and oxygen atoms in total. The van der Waals surface area contributed by atoms with E-state index < -0.39 is 0 Å². The number of carbonyl (C=O) groups excluding carboxylic acids is 1. The second-order valence-electron chi connectivity index (χ2n) is 6.62. The summed E-state index contributed by atoms with van der Waals surface area (Å²) in [6.07, 6.45) is 2.76. The summed E-state index contributed by atoms with van der Waals surface area (Å²) in [5, 5.41) is 3.08. The molecule has 1 N–H and O–H groups in total. The molecule has 2 aromatic carbocycles. The zero-order valence-electron chi connectivity index (χ0n) is 15.2. The average molecular weight is 436 g/mol. The van der Waals surface area contributed by atoms with Gasteiger partial charge in [-0.25, -0.2) is 4.39 Å². The lowest BCUT2D eigenvalue weighted by atomic mass is 9.98. The van der Waals surface area contributed by atoms with Crippen LogP contribution < -0.4 is 10.1 Å². The molecule has 144 valence electrons. The van der Waals surface area contributed by atoms with Gasteiger partial charge in [0.25, 0.3) is 0 Å². The lowest BCUT2D eigenvalue weighted by Gasteiger charge is -2.25. The Morgan fingerprint density at radius 1 is 1.33 bits per heavy atom. The maximum atomic E-state index is 13.3. The largest absolute Gasteiger partial charge is 0.496 e. The Bertz CT molecular complexity index is 775. The van der Waals surface area contributed by atoms with E-state index in [9.17, 15) is 9.18 Å². The molecule has 1 saturated heterocycles. The Morgan fingerprint density at radius 2 is 2.11 bits per heavy atom. The average Bonchev–Trinajstić information content (AvgIpc) is 3.20. The van der Waals surface area contributed by atoms with Crippen LogP contribution in [0.15, 0.2) is 46.9 Å². The van der Waals surface area contributed by atoms with Crippen LogP contribution in [0, 0.1) is 5.82 Å². The van der Waals surface area contributed by atoms with Gasteiger partial charge in [-0.3, -0.25) is 4.79 Å². The first-order valence-corrected chi connectivity index (χ1v) is 9.85. The number of nitrogens with one attached hydrogen (secondary N) is 1. The summed E-state index contributed by atoms with van der Waals surface area (Å²) in [4.78, 5) is 12.6. The van der Waals surface area contributed by atoms with Gasteiger partial charge >= 0.3 is 0 Å². The quantitative estimate of drug-likeness (QED) is 0.692. The minimum atomic E-state index is -0.291. The summed E-state index contributed by atoms with van der Waals surface area (Å²) in [6, 6.07) is 11.8. The minimum Gasteiger partial charge on any atom is -0.496 e. The molecule has 0 aliphatic carbocycles. The number of hydrogen-bond acceptors (Lipinski definition) is 3.